The molecule has 1 aliphatic rings. The number of aliphatic hydroxyl groups is 1. The van der Waals surface area contributed by atoms with E-state index in [0.717, 1.165) is 0 Å². The highest BCUT2D eigenvalue weighted by Gasteiger charge is 2.41. The molecule has 0 unspecified atom stereocenters. The number of nitrogens with one attached hydrogen (secondary N) is 1. The summed E-state index contributed by atoms with van der Waals surface area (Å²) in [4.78, 5) is 24.8. The van der Waals surface area contributed by atoms with Crippen molar-refractivity contribution >= 4 is 11.8 Å². The third kappa shape index (κ3) is 3.43. The van der Waals surface area contributed by atoms with Crippen molar-refractivity contribution in [2.75, 3.05) is 19.6 Å². The van der Waals surface area contributed by atoms with Crippen LogP contribution in [0.4, 0.5) is 0 Å². The maximum Gasteiger partial charge on any atom is 0.242 e. The SMILES string of the molecule is CCC1(O)CN(C(=O)CNC(=O)[C@@H](N)C(C)C)C1. The van der Waals surface area contributed by atoms with Gasteiger partial charge in [-0.1, -0.05) is 20.8 Å². The highest BCUT2D eigenvalue weighted by atomic mass is 16.3. The van der Waals surface area contributed by atoms with E-state index in [2.05, 4.69) is 5.32 Å². The summed E-state index contributed by atoms with van der Waals surface area (Å²) in [5.74, 6) is -0.462. The Bertz CT molecular complexity index is 325. The number of hydrogen-bond donors (Lipinski definition) is 3. The first-order valence-corrected chi connectivity index (χ1v) is 6.32. The molecule has 1 fully saturated rings. The minimum absolute atomic E-state index is 0.0364. The Morgan fingerprint density at radius 2 is 2.00 bits per heavy atom. The summed E-state index contributed by atoms with van der Waals surface area (Å²) < 4.78 is 0. The first-order valence-electron chi connectivity index (χ1n) is 6.32. The summed E-state index contributed by atoms with van der Waals surface area (Å²) in [7, 11) is 0. The Hall–Kier alpha value is -1.14. The molecule has 1 aliphatic heterocycles. The van der Waals surface area contributed by atoms with Crippen LogP contribution in [0.1, 0.15) is 27.2 Å². The maximum absolute atomic E-state index is 11.7. The summed E-state index contributed by atoms with van der Waals surface area (Å²) in [5.41, 5.74) is 4.91. The Balaban J connectivity index is 2.29. The molecule has 1 atom stereocenters. The van der Waals surface area contributed by atoms with Gasteiger partial charge in [0.25, 0.3) is 0 Å². The molecule has 18 heavy (non-hydrogen) atoms. The van der Waals surface area contributed by atoms with Crippen molar-refractivity contribution in [2.24, 2.45) is 11.7 Å². The minimum atomic E-state index is -0.742. The average molecular weight is 257 g/mol. The van der Waals surface area contributed by atoms with E-state index in [1.165, 1.54) is 4.90 Å². The second-order valence-electron chi connectivity index (χ2n) is 5.32. The minimum Gasteiger partial charge on any atom is -0.386 e. The zero-order chi connectivity index (χ0) is 13.9. The molecule has 2 amide bonds. The molecule has 0 bridgehead atoms. The highest BCUT2D eigenvalue weighted by Crippen LogP contribution is 2.23. The third-order valence-electron chi connectivity index (χ3n) is 3.42. The van der Waals surface area contributed by atoms with Crippen LogP contribution < -0.4 is 11.1 Å². The van der Waals surface area contributed by atoms with E-state index in [9.17, 15) is 14.7 Å². The number of β-amino-alcohol motifs (C(OH)–C–C–N with tert-alkyl or cyclic N) is 1. The van der Waals surface area contributed by atoms with Gasteiger partial charge in [0.05, 0.1) is 31.3 Å². The lowest BCUT2D eigenvalue weighted by atomic mass is 9.91. The van der Waals surface area contributed by atoms with Gasteiger partial charge >= 0.3 is 0 Å². The van der Waals surface area contributed by atoms with E-state index in [-0.39, 0.29) is 24.3 Å². The summed E-state index contributed by atoms with van der Waals surface area (Å²) in [6.45, 7) is 6.21. The quantitative estimate of drug-likeness (QED) is 0.593. The van der Waals surface area contributed by atoms with E-state index < -0.39 is 11.6 Å². The predicted molar refractivity (Wildman–Crippen MR) is 67.6 cm³/mol. The van der Waals surface area contributed by atoms with E-state index in [1.807, 2.05) is 20.8 Å². The summed E-state index contributed by atoms with van der Waals surface area (Å²) >= 11 is 0. The van der Waals surface area contributed by atoms with Gasteiger partial charge in [0, 0.05) is 0 Å². The second kappa shape index (κ2) is 5.67. The Morgan fingerprint density at radius 3 is 2.44 bits per heavy atom. The summed E-state index contributed by atoms with van der Waals surface area (Å²) in [6.07, 6.45) is 0.626. The number of carbonyl (C=O) groups is 2. The molecular weight excluding hydrogens is 234 g/mol. The average Bonchev–Trinajstić information content (AvgIpc) is 2.30. The van der Waals surface area contributed by atoms with E-state index in [0.29, 0.717) is 19.5 Å². The van der Waals surface area contributed by atoms with Crippen LogP contribution in [0, 0.1) is 5.92 Å². The molecule has 1 rings (SSSR count). The topological polar surface area (TPSA) is 95.7 Å². The van der Waals surface area contributed by atoms with Gasteiger partial charge in [-0.2, -0.15) is 0 Å². The monoisotopic (exact) mass is 257 g/mol. The molecule has 1 saturated heterocycles. The first-order chi connectivity index (χ1) is 8.29. The molecule has 4 N–H and O–H groups in total. The molecule has 104 valence electrons. The first kappa shape index (κ1) is 14.9. The maximum atomic E-state index is 11.7. The molecular formula is C12H23N3O3. The summed E-state index contributed by atoms with van der Waals surface area (Å²) in [6, 6.07) is -0.596. The molecule has 1 heterocycles. The number of rotatable bonds is 5. The molecule has 0 aromatic carbocycles. The van der Waals surface area contributed by atoms with Crippen LogP contribution in [0.15, 0.2) is 0 Å². The van der Waals surface area contributed by atoms with Gasteiger partial charge in [-0.05, 0) is 12.3 Å². The van der Waals surface area contributed by atoms with Gasteiger partial charge in [0.1, 0.15) is 0 Å². The Labute approximate surface area is 108 Å². The second-order valence-corrected chi connectivity index (χ2v) is 5.32. The third-order valence-corrected chi connectivity index (χ3v) is 3.42. The fraction of sp³-hybridized carbons (Fsp3) is 0.833. The number of nitrogens with zero attached hydrogens (tertiary/aromatic N) is 1. The predicted octanol–water partition coefficient (Wildman–Crippen LogP) is -0.931. The van der Waals surface area contributed by atoms with Crippen molar-refractivity contribution in [1.82, 2.24) is 10.2 Å². The van der Waals surface area contributed by atoms with Crippen molar-refractivity contribution < 1.29 is 14.7 Å². The van der Waals surface area contributed by atoms with Gasteiger partial charge in [0.2, 0.25) is 11.8 Å². The van der Waals surface area contributed by atoms with Gasteiger partial charge in [-0.15, -0.1) is 0 Å². The lowest BCUT2D eigenvalue weighted by Crippen LogP contribution is -2.64. The zero-order valence-corrected chi connectivity index (χ0v) is 11.3. The summed E-state index contributed by atoms with van der Waals surface area (Å²) in [5, 5.41) is 12.3. The van der Waals surface area contributed by atoms with Crippen molar-refractivity contribution in [2.45, 2.75) is 38.8 Å². The number of likely N-dealkylation sites (tertiary alicyclic amines) is 1. The highest BCUT2D eigenvalue weighted by molar-refractivity contribution is 5.87. The van der Waals surface area contributed by atoms with Crippen molar-refractivity contribution in [3.63, 3.8) is 0 Å². The van der Waals surface area contributed by atoms with Crippen LogP contribution in [0.2, 0.25) is 0 Å². The molecule has 6 nitrogen and oxygen atoms in total. The fourth-order valence-electron chi connectivity index (χ4n) is 1.76. The van der Waals surface area contributed by atoms with E-state index >= 15 is 0 Å². The molecule has 0 spiro atoms. The normalized spacial score (nSPS) is 19.3. The van der Waals surface area contributed by atoms with Crippen LogP contribution in [-0.4, -0.2) is 53.1 Å². The standard InChI is InChI=1S/C12H23N3O3/c1-4-12(18)6-15(7-12)9(16)5-14-11(17)10(13)8(2)3/h8,10,18H,4-7,13H2,1-3H3,(H,14,17)/t10-/m0/s1. The number of amides is 2. The van der Waals surface area contributed by atoms with Gasteiger partial charge in [0.15, 0.2) is 0 Å². The Kier molecular flexibility index (Phi) is 4.70. The fourth-order valence-corrected chi connectivity index (χ4v) is 1.76. The van der Waals surface area contributed by atoms with Crippen molar-refractivity contribution in [1.29, 1.82) is 0 Å². The smallest absolute Gasteiger partial charge is 0.242 e. The van der Waals surface area contributed by atoms with Gasteiger partial charge in [-0.25, -0.2) is 0 Å². The van der Waals surface area contributed by atoms with Crippen molar-refractivity contribution in [3.05, 3.63) is 0 Å². The molecule has 6 heteroatoms. The van der Waals surface area contributed by atoms with Gasteiger partial charge in [-0.3, -0.25) is 9.59 Å². The largest absolute Gasteiger partial charge is 0.386 e. The van der Waals surface area contributed by atoms with Crippen LogP contribution >= 0.6 is 0 Å². The molecule has 0 aromatic rings. The van der Waals surface area contributed by atoms with Gasteiger partial charge < -0.3 is 21.1 Å². The number of carbonyl (C=O) groups excluding carboxylic acids is 2. The molecule has 0 saturated carbocycles. The zero-order valence-electron chi connectivity index (χ0n) is 11.3. The molecule has 0 radical (unpaired) electrons. The van der Waals surface area contributed by atoms with E-state index in [4.69, 9.17) is 5.73 Å². The lowest BCUT2D eigenvalue weighted by Gasteiger charge is -2.46. The molecule has 0 aliphatic carbocycles. The van der Waals surface area contributed by atoms with Crippen LogP contribution in [-0.2, 0) is 9.59 Å². The van der Waals surface area contributed by atoms with E-state index in [1.54, 1.807) is 0 Å². The van der Waals surface area contributed by atoms with Crippen molar-refractivity contribution in [3.8, 4) is 0 Å². The van der Waals surface area contributed by atoms with Crippen LogP contribution in [0.5, 0.6) is 0 Å². The number of hydrogen-bond acceptors (Lipinski definition) is 4. The number of nitrogens with two attached hydrogens (primary N) is 1. The van der Waals surface area contributed by atoms with Crippen LogP contribution in [0.3, 0.4) is 0 Å². The van der Waals surface area contributed by atoms with Crippen LogP contribution in [0.25, 0.3) is 0 Å². The Morgan fingerprint density at radius 1 is 1.44 bits per heavy atom. The molecule has 0 aromatic heterocycles. The lowest BCUT2D eigenvalue weighted by molar-refractivity contribution is -0.155.